The van der Waals surface area contributed by atoms with Gasteiger partial charge in [0.25, 0.3) is 5.91 Å². The van der Waals surface area contributed by atoms with Crippen molar-refractivity contribution < 1.29 is 13.6 Å². The van der Waals surface area contributed by atoms with E-state index in [0.29, 0.717) is 17.4 Å². The molecule has 0 atom stereocenters. The van der Waals surface area contributed by atoms with Crippen LogP contribution in [0.25, 0.3) is 0 Å². The highest BCUT2D eigenvalue weighted by atomic mass is 79.9. The van der Waals surface area contributed by atoms with Gasteiger partial charge in [-0.05, 0) is 58.2 Å². The second-order valence-corrected chi connectivity index (χ2v) is 5.11. The molecule has 0 aliphatic rings. The molecule has 1 N–H and O–H groups in total. The van der Waals surface area contributed by atoms with E-state index in [1.54, 1.807) is 12.1 Å². The van der Waals surface area contributed by atoms with Gasteiger partial charge in [0, 0.05) is 11.0 Å². The summed E-state index contributed by atoms with van der Waals surface area (Å²) in [5.41, 5.74) is 1.04. The van der Waals surface area contributed by atoms with Gasteiger partial charge in [0.2, 0.25) is 0 Å². The van der Waals surface area contributed by atoms with Crippen LogP contribution in [0.15, 0.2) is 46.9 Å². The van der Waals surface area contributed by atoms with E-state index in [-0.39, 0.29) is 17.3 Å². The van der Waals surface area contributed by atoms with E-state index >= 15 is 0 Å². The molecule has 2 rings (SSSR count). The van der Waals surface area contributed by atoms with Gasteiger partial charge < -0.3 is 5.32 Å². The van der Waals surface area contributed by atoms with Crippen LogP contribution in [0.2, 0.25) is 0 Å². The Balaban J connectivity index is 1.94. The second-order valence-electron chi connectivity index (χ2n) is 4.26. The van der Waals surface area contributed by atoms with Crippen LogP contribution in [0.1, 0.15) is 15.9 Å². The molecule has 1 amide bonds. The van der Waals surface area contributed by atoms with E-state index in [1.807, 2.05) is 0 Å². The van der Waals surface area contributed by atoms with Crippen LogP contribution in [0.4, 0.5) is 8.78 Å². The molecule has 0 spiro atoms. The molecule has 0 fully saturated rings. The van der Waals surface area contributed by atoms with E-state index in [9.17, 15) is 13.6 Å². The van der Waals surface area contributed by atoms with Gasteiger partial charge in [0.15, 0.2) is 0 Å². The predicted octanol–water partition coefficient (Wildman–Crippen LogP) is 3.70. The summed E-state index contributed by atoms with van der Waals surface area (Å²) in [6.45, 7) is 0.352. The van der Waals surface area contributed by atoms with Gasteiger partial charge in [-0.2, -0.15) is 0 Å². The van der Waals surface area contributed by atoms with E-state index in [1.165, 1.54) is 30.3 Å². The molecule has 0 unspecified atom stereocenters. The van der Waals surface area contributed by atoms with Crippen molar-refractivity contribution in [2.75, 3.05) is 6.54 Å². The van der Waals surface area contributed by atoms with Crippen molar-refractivity contribution in [1.82, 2.24) is 5.32 Å². The number of rotatable bonds is 4. The summed E-state index contributed by atoms with van der Waals surface area (Å²) < 4.78 is 26.6. The molecule has 104 valence electrons. The summed E-state index contributed by atoms with van der Waals surface area (Å²) in [4.78, 5) is 11.9. The predicted molar refractivity (Wildman–Crippen MR) is 76.5 cm³/mol. The summed E-state index contributed by atoms with van der Waals surface area (Å²) in [5.74, 6) is -1.14. The van der Waals surface area contributed by atoms with Gasteiger partial charge in [-0.25, -0.2) is 8.78 Å². The molecule has 0 saturated heterocycles. The summed E-state index contributed by atoms with van der Waals surface area (Å²) in [6, 6.07) is 10.1. The summed E-state index contributed by atoms with van der Waals surface area (Å²) in [5, 5.41) is 2.68. The van der Waals surface area contributed by atoms with Gasteiger partial charge in [-0.3, -0.25) is 4.79 Å². The zero-order valence-corrected chi connectivity index (χ0v) is 12.1. The Labute approximate surface area is 123 Å². The lowest BCUT2D eigenvalue weighted by atomic mass is 10.1. The molecule has 0 saturated carbocycles. The summed E-state index contributed by atoms with van der Waals surface area (Å²) in [6.07, 6.45) is 0.510. The lowest BCUT2D eigenvalue weighted by molar-refractivity contribution is 0.0953. The third-order valence-corrected chi connectivity index (χ3v) is 3.45. The average molecular weight is 340 g/mol. The van der Waals surface area contributed by atoms with Crippen LogP contribution in [-0.4, -0.2) is 12.5 Å². The maximum atomic E-state index is 13.1. The lowest BCUT2D eigenvalue weighted by Gasteiger charge is -2.07. The monoisotopic (exact) mass is 339 g/mol. The third kappa shape index (κ3) is 3.87. The molecular formula is C15H12BrF2NO. The highest BCUT2D eigenvalue weighted by Crippen LogP contribution is 2.17. The molecule has 0 aliphatic carbocycles. The van der Waals surface area contributed by atoms with Crippen LogP contribution in [0.5, 0.6) is 0 Å². The number of carbonyl (C=O) groups is 1. The van der Waals surface area contributed by atoms with Crippen molar-refractivity contribution in [1.29, 1.82) is 0 Å². The van der Waals surface area contributed by atoms with Crippen molar-refractivity contribution in [3.63, 3.8) is 0 Å². The molecule has 2 aromatic rings. The Kier molecular flexibility index (Phi) is 4.84. The maximum Gasteiger partial charge on any atom is 0.252 e. The molecule has 0 heterocycles. The Morgan fingerprint density at radius 2 is 1.85 bits per heavy atom. The first-order chi connectivity index (χ1) is 9.56. The number of carbonyl (C=O) groups excluding carboxylic acids is 1. The van der Waals surface area contributed by atoms with Crippen molar-refractivity contribution in [3.8, 4) is 0 Å². The van der Waals surface area contributed by atoms with Crippen LogP contribution >= 0.6 is 15.9 Å². The highest BCUT2D eigenvalue weighted by molar-refractivity contribution is 9.10. The minimum absolute atomic E-state index is 0.240. The molecule has 0 bridgehead atoms. The molecule has 0 aromatic heterocycles. The quantitative estimate of drug-likeness (QED) is 0.904. The topological polar surface area (TPSA) is 29.1 Å². The number of amides is 1. The normalized spacial score (nSPS) is 10.3. The smallest absolute Gasteiger partial charge is 0.252 e. The zero-order valence-electron chi connectivity index (χ0n) is 10.5. The fourth-order valence-electron chi connectivity index (χ4n) is 1.78. The fraction of sp³-hybridized carbons (Fsp3) is 0.133. The molecule has 0 radical (unpaired) electrons. The number of nitrogens with one attached hydrogen (secondary N) is 1. The number of benzene rings is 2. The molecule has 20 heavy (non-hydrogen) atoms. The van der Waals surface area contributed by atoms with Gasteiger partial charge in [0.1, 0.15) is 11.6 Å². The first-order valence-electron chi connectivity index (χ1n) is 6.04. The van der Waals surface area contributed by atoms with Crippen molar-refractivity contribution in [3.05, 3.63) is 69.7 Å². The van der Waals surface area contributed by atoms with Crippen LogP contribution < -0.4 is 5.32 Å². The number of hydrogen-bond donors (Lipinski definition) is 1. The number of halogens is 3. The van der Waals surface area contributed by atoms with Crippen LogP contribution in [0.3, 0.4) is 0 Å². The summed E-state index contributed by atoms with van der Waals surface area (Å²) in [7, 11) is 0. The van der Waals surface area contributed by atoms with Crippen molar-refractivity contribution in [2.45, 2.75) is 6.42 Å². The first kappa shape index (κ1) is 14.7. The Hall–Kier alpha value is -1.75. The van der Waals surface area contributed by atoms with E-state index in [0.717, 1.165) is 5.56 Å². The minimum Gasteiger partial charge on any atom is -0.352 e. The standard InChI is InChI=1S/C15H12BrF2NO/c16-14-5-4-12(18)9-13(14)15(20)19-7-6-10-2-1-3-11(17)8-10/h1-5,8-9H,6-7H2,(H,19,20). The molecule has 5 heteroatoms. The van der Waals surface area contributed by atoms with Crippen LogP contribution in [-0.2, 0) is 6.42 Å². The average Bonchev–Trinajstić information content (AvgIpc) is 2.41. The van der Waals surface area contributed by atoms with Gasteiger partial charge in [-0.15, -0.1) is 0 Å². The van der Waals surface area contributed by atoms with Crippen molar-refractivity contribution in [2.24, 2.45) is 0 Å². The van der Waals surface area contributed by atoms with Gasteiger partial charge in [0.05, 0.1) is 5.56 Å². The van der Waals surface area contributed by atoms with E-state index < -0.39 is 5.82 Å². The fourth-order valence-corrected chi connectivity index (χ4v) is 2.21. The minimum atomic E-state index is -0.469. The van der Waals surface area contributed by atoms with E-state index in [2.05, 4.69) is 21.2 Å². The van der Waals surface area contributed by atoms with Gasteiger partial charge >= 0.3 is 0 Å². The lowest BCUT2D eigenvalue weighted by Crippen LogP contribution is -2.26. The van der Waals surface area contributed by atoms with E-state index in [4.69, 9.17) is 0 Å². The molecule has 2 nitrogen and oxygen atoms in total. The number of hydrogen-bond acceptors (Lipinski definition) is 1. The zero-order chi connectivity index (χ0) is 14.5. The molecule has 2 aromatic carbocycles. The Morgan fingerprint density at radius 1 is 1.10 bits per heavy atom. The Morgan fingerprint density at radius 3 is 2.60 bits per heavy atom. The van der Waals surface area contributed by atoms with Gasteiger partial charge in [-0.1, -0.05) is 12.1 Å². The molecular weight excluding hydrogens is 328 g/mol. The first-order valence-corrected chi connectivity index (χ1v) is 6.83. The maximum absolute atomic E-state index is 13.1. The van der Waals surface area contributed by atoms with Crippen LogP contribution in [0, 0.1) is 11.6 Å². The SMILES string of the molecule is O=C(NCCc1cccc(F)c1)c1cc(F)ccc1Br. The van der Waals surface area contributed by atoms with Crippen molar-refractivity contribution >= 4 is 21.8 Å². The third-order valence-electron chi connectivity index (χ3n) is 2.76. The Bertz CT molecular complexity index is 631. The second kappa shape index (κ2) is 6.61. The highest BCUT2D eigenvalue weighted by Gasteiger charge is 2.10. The summed E-state index contributed by atoms with van der Waals surface area (Å²) >= 11 is 3.20. The largest absolute Gasteiger partial charge is 0.352 e. The molecule has 0 aliphatic heterocycles.